The molecule has 0 spiro atoms. The third-order valence-corrected chi connectivity index (χ3v) is 12.6. The second-order valence-corrected chi connectivity index (χ2v) is 16.7. The van der Waals surface area contributed by atoms with Gasteiger partial charge in [-0.3, -0.25) is 14.5 Å². The minimum Gasteiger partial charge on any atom is -0.374 e. The summed E-state index contributed by atoms with van der Waals surface area (Å²) in [7, 11) is 1.54. The third-order valence-electron chi connectivity index (χ3n) is 12.6. The summed E-state index contributed by atoms with van der Waals surface area (Å²) in [5.41, 5.74) is 7.41. The Hall–Kier alpha value is -6.99. The largest absolute Gasteiger partial charge is 0.374 e. The van der Waals surface area contributed by atoms with Gasteiger partial charge in [0.15, 0.2) is 6.23 Å². The van der Waals surface area contributed by atoms with Crippen LogP contribution in [0.2, 0.25) is 0 Å². The van der Waals surface area contributed by atoms with Crippen LogP contribution < -0.4 is 0 Å². The maximum Gasteiger partial charge on any atom is 0.262 e. The quantitative estimate of drug-likeness (QED) is 0.108. The van der Waals surface area contributed by atoms with Crippen molar-refractivity contribution in [1.82, 2.24) is 19.4 Å². The predicted molar refractivity (Wildman–Crippen MR) is 248 cm³/mol. The minimum atomic E-state index is -0.880. The molecule has 65 heavy (non-hydrogen) atoms. The molecule has 0 saturated carbocycles. The molecule has 6 aromatic carbocycles. The Balaban J connectivity index is 1.14. The number of carbonyl (C=O) groups excluding carboxylic acids is 2. The second-order valence-electron chi connectivity index (χ2n) is 16.7. The van der Waals surface area contributed by atoms with Crippen LogP contribution >= 0.6 is 0 Å². The maximum absolute atomic E-state index is 14.4. The van der Waals surface area contributed by atoms with Crippen molar-refractivity contribution in [2.45, 2.75) is 57.1 Å². The number of aromatic nitrogens is 3. The predicted octanol–water partition coefficient (Wildman–Crippen LogP) is 9.92. The number of ether oxygens (including phenoxy) is 5. The van der Waals surface area contributed by atoms with Crippen molar-refractivity contribution in [1.29, 1.82) is 0 Å². The lowest BCUT2D eigenvalue weighted by atomic mass is 9.95. The second kappa shape index (κ2) is 17.5. The Morgan fingerprint density at radius 1 is 0.569 bits per heavy atom. The molecule has 324 valence electrons. The van der Waals surface area contributed by atoms with Crippen LogP contribution in [0.15, 0.2) is 164 Å². The Kier molecular flexibility index (Phi) is 11.0. The molecule has 0 radical (unpaired) electrons. The number of rotatable bonds is 14. The summed E-state index contributed by atoms with van der Waals surface area (Å²) in [5.74, 6) is -0.731. The van der Waals surface area contributed by atoms with E-state index in [0.29, 0.717) is 51.8 Å². The first kappa shape index (κ1) is 40.8. The fourth-order valence-corrected chi connectivity index (χ4v) is 9.56. The van der Waals surface area contributed by atoms with Crippen molar-refractivity contribution in [2.75, 3.05) is 13.7 Å². The van der Waals surface area contributed by atoms with Gasteiger partial charge in [0.05, 0.1) is 60.7 Å². The molecule has 1 fully saturated rings. The highest BCUT2D eigenvalue weighted by Gasteiger charge is 2.51. The van der Waals surface area contributed by atoms with Crippen molar-refractivity contribution >= 4 is 55.6 Å². The fraction of sp³-hybridized carbons (Fsp3) is 0.204. The zero-order chi connectivity index (χ0) is 43.9. The Bertz CT molecular complexity index is 3160. The van der Waals surface area contributed by atoms with E-state index in [1.807, 2.05) is 158 Å². The zero-order valence-electron chi connectivity index (χ0n) is 35.7. The lowest BCUT2D eigenvalue weighted by molar-refractivity contribution is -0.288. The highest BCUT2D eigenvalue weighted by Crippen LogP contribution is 2.48. The Labute approximate surface area is 375 Å². The van der Waals surface area contributed by atoms with Crippen LogP contribution in [0, 0.1) is 0 Å². The van der Waals surface area contributed by atoms with E-state index in [-0.39, 0.29) is 31.6 Å². The minimum absolute atomic E-state index is 0.164. The number of carbonyl (C=O) groups is 2. The van der Waals surface area contributed by atoms with E-state index in [1.165, 1.54) is 11.9 Å². The van der Waals surface area contributed by atoms with Gasteiger partial charge in [0.25, 0.3) is 11.8 Å². The van der Waals surface area contributed by atoms with Crippen LogP contribution in [-0.2, 0) is 50.1 Å². The molecule has 2 amide bonds. The van der Waals surface area contributed by atoms with Crippen LogP contribution in [0.5, 0.6) is 0 Å². The summed E-state index contributed by atoms with van der Waals surface area (Å²) >= 11 is 0. The fourth-order valence-electron chi connectivity index (χ4n) is 9.56. The van der Waals surface area contributed by atoms with E-state index in [4.69, 9.17) is 28.7 Å². The zero-order valence-corrected chi connectivity index (χ0v) is 35.7. The van der Waals surface area contributed by atoms with Crippen LogP contribution in [0.25, 0.3) is 43.7 Å². The average Bonchev–Trinajstić information content (AvgIpc) is 3.98. The highest BCUT2D eigenvalue weighted by atomic mass is 16.6. The number of pyridine rings is 1. The van der Waals surface area contributed by atoms with Crippen LogP contribution in [0.4, 0.5) is 0 Å². The van der Waals surface area contributed by atoms with Crippen molar-refractivity contribution in [3.05, 3.63) is 197 Å². The Morgan fingerprint density at radius 2 is 1.08 bits per heavy atom. The summed E-state index contributed by atoms with van der Waals surface area (Å²) in [6.45, 7) is 1.33. The number of amides is 2. The molecule has 1 saturated heterocycles. The van der Waals surface area contributed by atoms with E-state index < -0.39 is 30.6 Å². The normalized spacial score (nSPS) is 19.8. The molecule has 11 rings (SSSR count). The number of hydrogen-bond acceptors (Lipinski definition) is 8. The van der Waals surface area contributed by atoms with Gasteiger partial charge < -0.3 is 33.2 Å². The van der Waals surface area contributed by atoms with E-state index in [0.717, 1.165) is 38.5 Å². The Morgan fingerprint density at radius 3 is 1.69 bits per heavy atom. The van der Waals surface area contributed by atoms with E-state index in [2.05, 4.69) is 9.55 Å². The van der Waals surface area contributed by atoms with Crippen molar-refractivity contribution in [2.24, 2.45) is 0 Å². The van der Waals surface area contributed by atoms with Crippen molar-refractivity contribution in [3.8, 4) is 0 Å². The monoisotopic (exact) mass is 862 g/mol. The van der Waals surface area contributed by atoms with Gasteiger partial charge in [0.1, 0.15) is 30.1 Å². The molecule has 0 aliphatic carbocycles. The molecular weight excluding hydrogens is 817 g/mol. The molecular formula is C54H46N4O7. The van der Waals surface area contributed by atoms with Crippen molar-refractivity contribution < 1.29 is 33.3 Å². The van der Waals surface area contributed by atoms with Crippen LogP contribution in [0.3, 0.4) is 0 Å². The first-order valence-corrected chi connectivity index (χ1v) is 21.9. The van der Waals surface area contributed by atoms with Gasteiger partial charge in [-0.15, -0.1) is 0 Å². The average molecular weight is 863 g/mol. The SMILES string of the molecule is CN1C(=O)c2c(c3c4ccccc4n([C@@H]4O[C@H](COCc5ccccc5)[C@@H](OCc5ccccc5)[C@H](OCc5ccccc5)[C@H]4OCc4ccccc4)c3c3[nH]c4ncccc4c23)C1=O. The highest BCUT2D eigenvalue weighted by molar-refractivity contribution is 6.39. The molecule has 1 N–H and O–H groups in total. The van der Waals surface area contributed by atoms with Gasteiger partial charge in [0.2, 0.25) is 0 Å². The summed E-state index contributed by atoms with van der Waals surface area (Å²) in [4.78, 5) is 38.1. The molecule has 5 heterocycles. The van der Waals surface area contributed by atoms with Gasteiger partial charge in [-0.05, 0) is 40.5 Å². The van der Waals surface area contributed by atoms with Crippen molar-refractivity contribution in [3.63, 3.8) is 0 Å². The first-order valence-electron chi connectivity index (χ1n) is 21.9. The molecule has 3 aromatic heterocycles. The maximum atomic E-state index is 14.4. The molecule has 2 aliphatic heterocycles. The van der Waals surface area contributed by atoms with Gasteiger partial charge in [0, 0.05) is 34.8 Å². The van der Waals surface area contributed by atoms with Crippen LogP contribution in [0.1, 0.15) is 49.2 Å². The van der Waals surface area contributed by atoms with Gasteiger partial charge in [-0.25, -0.2) is 4.98 Å². The number of nitrogens with zero attached hydrogens (tertiary/aromatic N) is 3. The number of para-hydroxylation sites is 1. The molecule has 2 aliphatic rings. The topological polar surface area (TPSA) is 117 Å². The number of fused-ring (bicyclic) bond motifs is 10. The van der Waals surface area contributed by atoms with E-state index in [1.54, 1.807) is 6.20 Å². The van der Waals surface area contributed by atoms with Gasteiger partial charge in [-0.2, -0.15) is 0 Å². The molecule has 5 atom stereocenters. The number of hydrogen-bond donors (Lipinski definition) is 1. The summed E-state index contributed by atoms with van der Waals surface area (Å²) in [6.07, 6.45) is -2.03. The summed E-state index contributed by atoms with van der Waals surface area (Å²) in [5, 5.41) is 2.80. The number of imide groups is 1. The smallest absolute Gasteiger partial charge is 0.262 e. The molecule has 11 heteroatoms. The molecule has 9 aromatic rings. The summed E-state index contributed by atoms with van der Waals surface area (Å²) < 4.78 is 37.5. The summed E-state index contributed by atoms with van der Waals surface area (Å²) in [6, 6.07) is 51.9. The number of nitrogens with one attached hydrogen (secondary N) is 1. The third kappa shape index (κ3) is 7.47. The lowest BCUT2D eigenvalue weighted by Crippen LogP contribution is -2.59. The van der Waals surface area contributed by atoms with Gasteiger partial charge >= 0.3 is 0 Å². The van der Waals surface area contributed by atoms with Crippen LogP contribution in [-0.4, -0.2) is 69.3 Å². The molecule has 0 bridgehead atoms. The van der Waals surface area contributed by atoms with Gasteiger partial charge in [-0.1, -0.05) is 140 Å². The first-order chi connectivity index (χ1) is 32.0. The number of benzene rings is 6. The lowest BCUT2D eigenvalue weighted by Gasteiger charge is -2.47. The standard InChI is InChI=1S/C54H46N4O7/c1-57-52(59)44-42-39-26-16-28-55-51(39)56-46(42)47-43(45(44)53(57)60)38-25-14-15-27-40(38)58(47)54-50(64-32-37-23-12-5-13-24-37)49(63-31-36-21-10-4-11-22-36)48(62-30-35-19-8-3-9-20-35)41(65-54)33-61-29-34-17-6-2-7-18-34/h2-28,41,48-50,54H,29-33H2,1H3,(H,55,56)/t41-,48-,49+,50-,54-/m1/s1. The molecule has 0 unspecified atom stereocenters. The number of H-pyrrole nitrogens is 1. The molecule has 11 nitrogen and oxygen atoms in total. The number of aromatic amines is 1. The van der Waals surface area contributed by atoms with E-state index >= 15 is 0 Å². The van der Waals surface area contributed by atoms with E-state index in [9.17, 15) is 9.59 Å².